The van der Waals surface area contributed by atoms with E-state index in [9.17, 15) is 4.79 Å². The summed E-state index contributed by atoms with van der Waals surface area (Å²) in [6.45, 7) is 14.4. The molecular weight excluding hydrogens is 401 g/mol. The molecule has 1 saturated heterocycles. The van der Waals surface area contributed by atoms with Crippen molar-refractivity contribution in [2.24, 2.45) is 0 Å². The van der Waals surface area contributed by atoms with E-state index in [1.165, 1.54) is 0 Å². The van der Waals surface area contributed by atoms with E-state index in [1.54, 1.807) is 0 Å². The number of hydrogen-bond acceptors (Lipinski definition) is 4. The van der Waals surface area contributed by atoms with Crippen LogP contribution in [0.25, 0.3) is 11.6 Å². The third-order valence-corrected chi connectivity index (χ3v) is 5.96. The molecule has 5 nitrogen and oxygen atoms in total. The van der Waals surface area contributed by atoms with Crippen LogP contribution < -0.4 is 5.32 Å². The number of carbonyl (C=O) groups excluding carboxylic acids is 1. The third kappa shape index (κ3) is 5.90. The third-order valence-electron chi connectivity index (χ3n) is 5.96. The molecule has 0 aliphatic carbocycles. The van der Waals surface area contributed by atoms with Gasteiger partial charge in [-0.25, -0.2) is 4.79 Å². The maximum atomic E-state index is 12.3. The minimum atomic E-state index is -0.574. The molecule has 2 aromatic carbocycles. The molecule has 0 saturated carbocycles. The fraction of sp³-hybridized carbons (Fsp3) is 0.346. The molecular formula is C26H32BNO4. The van der Waals surface area contributed by atoms with Gasteiger partial charge in [0.05, 0.1) is 11.2 Å². The van der Waals surface area contributed by atoms with Crippen molar-refractivity contribution < 1.29 is 18.8 Å². The first kappa shape index (κ1) is 23.8. The number of benzene rings is 2. The summed E-state index contributed by atoms with van der Waals surface area (Å²) >= 11 is 0. The number of nitrogens with one attached hydrogen (secondary N) is 1. The lowest BCUT2D eigenvalue weighted by Crippen LogP contribution is -2.41. The summed E-state index contributed by atoms with van der Waals surface area (Å²) in [6.07, 6.45) is 1.50. The van der Waals surface area contributed by atoms with Gasteiger partial charge < -0.3 is 19.4 Å². The highest BCUT2D eigenvalue weighted by molar-refractivity contribution is 6.56. The van der Waals surface area contributed by atoms with Gasteiger partial charge in [0.15, 0.2) is 0 Å². The SMILES string of the molecule is C=C(C)c1ccc(C=C(CNC(=O)OCc2ccccc2)B2OC(C)(C)C(C)(C)O2)cc1. The Kier molecular flexibility index (Phi) is 7.27. The van der Waals surface area contributed by atoms with Crippen molar-refractivity contribution in [3.05, 3.63) is 83.3 Å². The second-order valence-corrected chi connectivity index (χ2v) is 9.13. The Morgan fingerprint density at radius 1 is 1.03 bits per heavy atom. The number of hydrogen-bond donors (Lipinski definition) is 1. The molecule has 1 aliphatic rings. The lowest BCUT2D eigenvalue weighted by molar-refractivity contribution is 0.00578. The molecule has 1 amide bonds. The van der Waals surface area contributed by atoms with E-state index in [0.717, 1.165) is 27.7 Å². The van der Waals surface area contributed by atoms with Crippen LogP contribution in [-0.2, 0) is 20.7 Å². The van der Waals surface area contributed by atoms with Gasteiger partial charge in [-0.05, 0) is 56.8 Å². The van der Waals surface area contributed by atoms with Gasteiger partial charge in [-0.1, -0.05) is 72.8 Å². The highest BCUT2D eigenvalue weighted by atomic mass is 16.7. The Morgan fingerprint density at radius 2 is 1.62 bits per heavy atom. The van der Waals surface area contributed by atoms with Gasteiger partial charge in [-0.2, -0.15) is 0 Å². The molecule has 1 fully saturated rings. The van der Waals surface area contributed by atoms with E-state index in [1.807, 2.05) is 95.3 Å². The summed E-state index contributed by atoms with van der Waals surface area (Å²) in [5.74, 6) is 0. The fourth-order valence-electron chi connectivity index (χ4n) is 3.22. The number of carbonyl (C=O) groups is 1. The van der Waals surface area contributed by atoms with Crippen molar-refractivity contribution >= 4 is 24.9 Å². The molecule has 168 valence electrons. The summed E-state index contributed by atoms with van der Waals surface area (Å²) in [4.78, 5) is 12.3. The van der Waals surface area contributed by atoms with Crippen LogP contribution in [0.5, 0.6) is 0 Å². The Morgan fingerprint density at radius 3 is 2.19 bits per heavy atom. The zero-order valence-corrected chi connectivity index (χ0v) is 19.6. The molecule has 1 N–H and O–H groups in total. The summed E-state index contributed by atoms with van der Waals surface area (Å²) in [7, 11) is -0.574. The number of amides is 1. The fourth-order valence-corrected chi connectivity index (χ4v) is 3.22. The van der Waals surface area contributed by atoms with Crippen molar-refractivity contribution in [3.63, 3.8) is 0 Å². The van der Waals surface area contributed by atoms with Crippen LogP contribution in [0.15, 0.2) is 66.6 Å². The lowest BCUT2D eigenvalue weighted by atomic mass is 9.77. The summed E-state index contributed by atoms with van der Waals surface area (Å²) < 4.78 is 17.8. The van der Waals surface area contributed by atoms with E-state index in [0.29, 0.717) is 0 Å². The predicted octanol–water partition coefficient (Wildman–Crippen LogP) is 5.66. The van der Waals surface area contributed by atoms with E-state index >= 15 is 0 Å². The average Bonchev–Trinajstić information content (AvgIpc) is 2.97. The summed E-state index contributed by atoms with van der Waals surface area (Å²) in [5.41, 5.74) is 3.86. The molecule has 1 aliphatic heterocycles. The van der Waals surface area contributed by atoms with Gasteiger partial charge in [-0.15, -0.1) is 0 Å². The van der Waals surface area contributed by atoms with Crippen LogP contribution in [0.1, 0.15) is 51.3 Å². The van der Waals surface area contributed by atoms with Crippen molar-refractivity contribution in [3.8, 4) is 0 Å². The minimum Gasteiger partial charge on any atom is -0.445 e. The van der Waals surface area contributed by atoms with Crippen LogP contribution in [0, 0.1) is 0 Å². The van der Waals surface area contributed by atoms with Crippen LogP contribution >= 0.6 is 0 Å². The number of alkyl carbamates (subject to hydrolysis) is 1. The molecule has 2 aromatic rings. The number of rotatable bonds is 7. The molecule has 0 unspecified atom stereocenters. The van der Waals surface area contributed by atoms with Crippen LogP contribution in [0.3, 0.4) is 0 Å². The van der Waals surface area contributed by atoms with Crippen molar-refractivity contribution in [1.82, 2.24) is 5.32 Å². The summed E-state index contributed by atoms with van der Waals surface area (Å²) in [5, 5.41) is 2.83. The Bertz CT molecular complexity index is 965. The molecule has 32 heavy (non-hydrogen) atoms. The Labute approximate surface area is 191 Å². The largest absolute Gasteiger partial charge is 0.492 e. The van der Waals surface area contributed by atoms with Gasteiger partial charge in [-0.3, -0.25) is 0 Å². The quantitative estimate of drug-likeness (QED) is 0.573. The lowest BCUT2D eigenvalue weighted by Gasteiger charge is -2.32. The van der Waals surface area contributed by atoms with Gasteiger partial charge >= 0.3 is 13.2 Å². The first-order valence-corrected chi connectivity index (χ1v) is 10.8. The first-order valence-electron chi connectivity index (χ1n) is 10.8. The second-order valence-electron chi connectivity index (χ2n) is 9.13. The normalized spacial score (nSPS) is 17.2. The predicted molar refractivity (Wildman–Crippen MR) is 130 cm³/mol. The zero-order chi connectivity index (χ0) is 23.4. The molecule has 0 radical (unpaired) electrons. The Balaban J connectivity index is 1.73. The van der Waals surface area contributed by atoms with Gasteiger partial charge in [0.2, 0.25) is 0 Å². The molecule has 1 heterocycles. The number of allylic oxidation sites excluding steroid dienone is 1. The van der Waals surface area contributed by atoms with Crippen LogP contribution in [-0.4, -0.2) is 31.0 Å². The minimum absolute atomic E-state index is 0.213. The highest BCUT2D eigenvalue weighted by Gasteiger charge is 2.52. The van der Waals surface area contributed by atoms with Crippen molar-refractivity contribution in [2.75, 3.05) is 6.54 Å². The van der Waals surface area contributed by atoms with Crippen molar-refractivity contribution in [1.29, 1.82) is 0 Å². The molecule has 0 aromatic heterocycles. The Hall–Kier alpha value is -2.83. The standard InChI is InChI=1S/C26H32BNO4/c1-19(2)22-14-12-20(13-15-22)16-23(27-31-25(3,4)26(5,6)32-27)17-28-24(29)30-18-21-10-8-7-9-11-21/h7-16H,1,17-18H2,2-6H3,(H,28,29). The van der Waals surface area contributed by atoms with Crippen molar-refractivity contribution in [2.45, 2.75) is 52.4 Å². The molecule has 6 heteroatoms. The van der Waals surface area contributed by atoms with E-state index < -0.39 is 24.4 Å². The second kappa shape index (κ2) is 9.76. The molecule has 0 atom stereocenters. The monoisotopic (exact) mass is 433 g/mol. The topological polar surface area (TPSA) is 56.8 Å². The maximum absolute atomic E-state index is 12.3. The molecule has 0 spiro atoms. The smallest absolute Gasteiger partial charge is 0.445 e. The van der Waals surface area contributed by atoms with E-state index in [-0.39, 0.29) is 13.2 Å². The van der Waals surface area contributed by atoms with Gasteiger partial charge in [0.1, 0.15) is 6.61 Å². The average molecular weight is 433 g/mol. The summed E-state index contributed by atoms with van der Waals surface area (Å²) in [6, 6.07) is 17.7. The van der Waals surface area contributed by atoms with Gasteiger partial charge in [0, 0.05) is 6.54 Å². The van der Waals surface area contributed by atoms with E-state index in [2.05, 4.69) is 11.9 Å². The van der Waals surface area contributed by atoms with Gasteiger partial charge in [0.25, 0.3) is 0 Å². The van der Waals surface area contributed by atoms with Crippen LogP contribution in [0.2, 0.25) is 0 Å². The first-order chi connectivity index (χ1) is 15.1. The maximum Gasteiger partial charge on any atom is 0.492 e. The molecule has 0 bridgehead atoms. The van der Waals surface area contributed by atoms with E-state index in [4.69, 9.17) is 14.0 Å². The van der Waals surface area contributed by atoms with Crippen LogP contribution in [0.4, 0.5) is 4.79 Å². The molecule has 3 rings (SSSR count). The highest BCUT2D eigenvalue weighted by Crippen LogP contribution is 2.38. The number of ether oxygens (including phenoxy) is 1. The zero-order valence-electron chi connectivity index (χ0n) is 19.6.